The molecule has 1 saturated carbocycles. The van der Waals surface area contributed by atoms with Gasteiger partial charge in [0, 0.05) is 13.2 Å². The molecule has 0 spiro atoms. The number of ether oxygens (including phenoxy) is 1. The molecule has 1 fully saturated rings. The van der Waals surface area contributed by atoms with Crippen LogP contribution in [0.2, 0.25) is 0 Å². The minimum absolute atomic E-state index is 0.00660. The predicted molar refractivity (Wildman–Crippen MR) is 81.6 cm³/mol. The number of hydrogen-bond donors (Lipinski definition) is 2. The minimum Gasteiger partial charge on any atom is -0.395 e. The zero-order valence-electron chi connectivity index (χ0n) is 12.4. The van der Waals surface area contributed by atoms with Gasteiger partial charge in [-0.2, -0.15) is 0 Å². The van der Waals surface area contributed by atoms with E-state index in [1.807, 2.05) is 0 Å². The summed E-state index contributed by atoms with van der Waals surface area (Å²) in [7, 11) is 1.68. The number of benzene rings is 1. The van der Waals surface area contributed by atoms with E-state index in [1.165, 1.54) is 37.7 Å². The van der Waals surface area contributed by atoms with E-state index < -0.39 is 0 Å². The van der Waals surface area contributed by atoms with Gasteiger partial charge in [-0.3, -0.25) is 0 Å². The molecule has 0 saturated heterocycles. The van der Waals surface area contributed by atoms with Gasteiger partial charge in [-0.1, -0.05) is 49.6 Å². The zero-order chi connectivity index (χ0) is 14.2. The van der Waals surface area contributed by atoms with Crippen LogP contribution in [-0.2, 0) is 4.74 Å². The van der Waals surface area contributed by atoms with Crippen molar-refractivity contribution in [2.75, 3.05) is 20.3 Å². The summed E-state index contributed by atoms with van der Waals surface area (Å²) in [5.74, 6) is 0.664. The quantitative estimate of drug-likeness (QED) is 0.805. The highest BCUT2D eigenvalue weighted by Crippen LogP contribution is 2.34. The summed E-state index contributed by atoms with van der Waals surface area (Å²) >= 11 is 0. The minimum atomic E-state index is 0.00660. The maximum atomic E-state index is 9.51. The third kappa shape index (κ3) is 4.30. The molecule has 2 atom stereocenters. The van der Waals surface area contributed by atoms with Crippen LogP contribution in [0.25, 0.3) is 0 Å². The molecule has 1 aromatic carbocycles. The Hall–Kier alpha value is -0.900. The molecule has 1 aliphatic carbocycles. The maximum absolute atomic E-state index is 9.51. The molecule has 1 aliphatic rings. The van der Waals surface area contributed by atoms with E-state index in [0.29, 0.717) is 18.6 Å². The monoisotopic (exact) mass is 277 g/mol. The van der Waals surface area contributed by atoms with Gasteiger partial charge in [0.25, 0.3) is 0 Å². The fourth-order valence-corrected chi connectivity index (χ4v) is 3.24. The molecular formula is C17H27NO2. The largest absolute Gasteiger partial charge is 0.395 e. The van der Waals surface area contributed by atoms with Gasteiger partial charge in [-0.25, -0.2) is 0 Å². The molecule has 3 heteroatoms. The van der Waals surface area contributed by atoms with Crippen molar-refractivity contribution in [3.8, 4) is 0 Å². The number of methoxy groups -OCH3 is 1. The molecule has 0 aliphatic heterocycles. The van der Waals surface area contributed by atoms with E-state index in [2.05, 4.69) is 35.6 Å². The maximum Gasteiger partial charge on any atom is 0.0638 e. The molecule has 2 N–H and O–H groups in total. The van der Waals surface area contributed by atoms with Crippen molar-refractivity contribution < 1.29 is 9.84 Å². The van der Waals surface area contributed by atoms with Gasteiger partial charge < -0.3 is 15.2 Å². The third-order valence-electron chi connectivity index (χ3n) is 4.28. The van der Waals surface area contributed by atoms with Crippen LogP contribution in [0.5, 0.6) is 0 Å². The van der Waals surface area contributed by atoms with Gasteiger partial charge >= 0.3 is 0 Å². The summed E-state index contributed by atoms with van der Waals surface area (Å²) in [6.07, 6.45) is 6.56. The van der Waals surface area contributed by atoms with Gasteiger partial charge in [-0.05, 0) is 24.3 Å². The summed E-state index contributed by atoms with van der Waals surface area (Å²) in [6.45, 7) is 0.663. The van der Waals surface area contributed by atoms with Crippen LogP contribution in [0.3, 0.4) is 0 Å². The second kappa shape index (κ2) is 8.40. The number of aliphatic hydroxyl groups is 1. The first-order valence-electron chi connectivity index (χ1n) is 7.76. The van der Waals surface area contributed by atoms with Crippen molar-refractivity contribution in [2.24, 2.45) is 5.92 Å². The molecule has 20 heavy (non-hydrogen) atoms. The molecule has 0 radical (unpaired) electrons. The second-order valence-electron chi connectivity index (χ2n) is 5.79. The Labute approximate surface area is 122 Å². The van der Waals surface area contributed by atoms with Crippen LogP contribution in [-0.4, -0.2) is 31.5 Å². The Balaban J connectivity index is 2.10. The average Bonchev–Trinajstić information content (AvgIpc) is 2.53. The zero-order valence-corrected chi connectivity index (χ0v) is 12.4. The highest BCUT2D eigenvalue weighted by molar-refractivity contribution is 5.20. The molecule has 2 rings (SSSR count). The fourth-order valence-electron chi connectivity index (χ4n) is 3.24. The molecule has 3 nitrogen and oxygen atoms in total. The lowest BCUT2D eigenvalue weighted by Crippen LogP contribution is -2.42. The normalized spacial score (nSPS) is 19.7. The fraction of sp³-hybridized carbons (Fsp3) is 0.647. The molecule has 0 bridgehead atoms. The average molecular weight is 277 g/mol. The lowest BCUT2D eigenvalue weighted by molar-refractivity contribution is 0.111. The van der Waals surface area contributed by atoms with Gasteiger partial charge in [0.05, 0.1) is 19.3 Å². The summed E-state index contributed by atoms with van der Waals surface area (Å²) in [6, 6.07) is 10.9. The van der Waals surface area contributed by atoms with Crippen LogP contribution >= 0.6 is 0 Å². The van der Waals surface area contributed by atoms with E-state index in [0.717, 1.165) is 0 Å². The van der Waals surface area contributed by atoms with Crippen molar-refractivity contribution in [1.29, 1.82) is 0 Å². The molecule has 0 heterocycles. The van der Waals surface area contributed by atoms with Gasteiger partial charge in [0.15, 0.2) is 0 Å². The van der Waals surface area contributed by atoms with E-state index >= 15 is 0 Å². The molecule has 0 amide bonds. The number of hydrogen-bond acceptors (Lipinski definition) is 3. The van der Waals surface area contributed by atoms with Crippen LogP contribution in [0, 0.1) is 5.92 Å². The first kappa shape index (κ1) is 15.5. The van der Waals surface area contributed by atoms with E-state index in [9.17, 15) is 5.11 Å². The summed E-state index contributed by atoms with van der Waals surface area (Å²) in [4.78, 5) is 0. The highest BCUT2D eigenvalue weighted by atomic mass is 16.5. The Morgan fingerprint density at radius 1 is 1.20 bits per heavy atom. The lowest BCUT2D eigenvalue weighted by atomic mass is 9.81. The van der Waals surface area contributed by atoms with Crippen LogP contribution in [0.4, 0.5) is 0 Å². The van der Waals surface area contributed by atoms with Crippen molar-refractivity contribution >= 4 is 0 Å². The topological polar surface area (TPSA) is 41.5 Å². The van der Waals surface area contributed by atoms with Crippen LogP contribution in [0.1, 0.15) is 43.7 Å². The van der Waals surface area contributed by atoms with Crippen molar-refractivity contribution in [1.82, 2.24) is 5.32 Å². The Morgan fingerprint density at radius 2 is 1.90 bits per heavy atom. The molecule has 0 aromatic heterocycles. The second-order valence-corrected chi connectivity index (χ2v) is 5.79. The van der Waals surface area contributed by atoms with Gasteiger partial charge in [0.2, 0.25) is 0 Å². The Kier molecular flexibility index (Phi) is 6.51. The number of aliphatic hydroxyl groups excluding tert-OH is 1. The van der Waals surface area contributed by atoms with E-state index in [-0.39, 0.29) is 12.6 Å². The molecule has 112 valence electrons. The lowest BCUT2D eigenvalue weighted by Gasteiger charge is -2.34. The third-order valence-corrected chi connectivity index (χ3v) is 4.28. The van der Waals surface area contributed by atoms with Crippen molar-refractivity contribution in [3.63, 3.8) is 0 Å². The van der Waals surface area contributed by atoms with Gasteiger partial charge in [0.1, 0.15) is 0 Å². The van der Waals surface area contributed by atoms with Crippen LogP contribution in [0.15, 0.2) is 30.3 Å². The SMILES string of the molecule is COCC(CO)NC(c1ccccc1)C1CCCCC1. The van der Waals surface area contributed by atoms with Gasteiger partial charge in [-0.15, -0.1) is 0 Å². The first-order chi connectivity index (χ1) is 9.85. The van der Waals surface area contributed by atoms with Crippen molar-refractivity contribution in [2.45, 2.75) is 44.2 Å². The molecular weight excluding hydrogens is 250 g/mol. The first-order valence-corrected chi connectivity index (χ1v) is 7.76. The molecule has 2 unspecified atom stereocenters. The highest BCUT2D eigenvalue weighted by Gasteiger charge is 2.26. The standard InChI is InChI=1S/C17H27NO2/c1-20-13-16(12-19)18-17(14-8-4-2-5-9-14)15-10-6-3-7-11-15/h2,4-5,8-9,15-19H,3,6-7,10-13H2,1H3. The number of rotatable bonds is 7. The summed E-state index contributed by atoms with van der Waals surface area (Å²) in [5, 5.41) is 13.1. The van der Waals surface area contributed by atoms with E-state index in [4.69, 9.17) is 4.74 Å². The Bertz CT molecular complexity index is 363. The summed E-state index contributed by atoms with van der Waals surface area (Å²) < 4.78 is 5.20. The summed E-state index contributed by atoms with van der Waals surface area (Å²) in [5.41, 5.74) is 1.33. The smallest absolute Gasteiger partial charge is 0.0638 e. The van der Waals surface area contributed by atoms with Crippen molar-refractivity contribution in [3.05, 3.63) is 35.9 Å². The van der Waals surface area contributed by atoms with Crippen LogP contribution < -0.4 is 5.32 Å². The van der Waals surface area contributed by atoms with E-state index in [1.54, 1.807) is 7.11 Å². The Morgan fingerprint density at radius 3 is 2.50 bits per heavy atom. The number of nitrogens with one attached hydrogen (secondary N) is 1. The predicted octanol–water partition coefficient (Wildman–Crippen LogP) is 2.90. The molecule has 1 aromatic rings.